The fraction of sp³-hybridized carbons (Fsp3) is 0.394. The molecule has 0 aromatic heterocycles. The van der Waals surface area contributed by atoms with Crippen LogP contribution in [0.25, 0.3) is 0 Å². The van der Waals surface area contributed by atoms with E-state index in [2.05, 4.69) is 5.32 Å². The van der Waals surface area contributed by atoms with E-state index in [4.69, 9.17) is 4.74 Å². The van der Waals surface area contributed by atoms with Crippen molar-refractivity contribution >= 4 is 27.5 Å². The van der Waals surface area contributed by atoms with E-state index < -0.39 is 28.5 Å². The fourth-order valence-electron chi connectivity index (χ4n) is 4.76. The number of methoxy groups -OCH3 is 1. The molecule has 42 heavy (non-hydrogen) atoms. The molecule has 0 aliphatic heterocycles. The van der Waals surface area contributed by atoms with Gasteiger partial charge in [0, 0.05) is 12.6 Å². The molecule has 0 radical (unpaired) electrons. The molecular formula is C33H43N3O5S. The van der Waals surface area contributed by atoms with Crippen LogP contribution in [0.5, 0.6) is 5.75 Å². The van der Waals surface area contributed by atoms with Gasteiger partial charge in [-0.3, -0.25) is 13.9 Å². The standard InChI is InChI=1S/C33H43N3O5S/c1-8-26(6)34-33(38)30(9-2)35(21-27-11-10-12-28(20-27)41-7)32(37)22-36(31-18-15-24(4)19-25(31)5)42(39,40)29-16-13-23(3)14-17-29/h10-20,26,30H,8-9,21-22H2,1-7H3,(H,34,38). The largest absolute Gasteiger partial charge is 0.497 e. The van der Waals surface area contributed by atoms with E-state index >= 15 is 0 Å². The Morgan fingerprint density at radius 3 is 2.17 bits per heavy atom. The highest BCUT2D eigenvalue weighted by Gasteiger charge is 2.34. The number of nitrogens with one attached hydrogen (secondary N) is 1. The third-order valence-electron chi connectivity index (χ3n) is 7.38. The average molecular weight is 594 g/mol. The summed E-state index contributed by atoms with van der Waals surface area (Å²) in [5.41, 5.74) is 3.79. The number of aryl methyl sites for hydroxylation is 3. The molecule has 2 unspecified atom stereocenters. The van der Waals surface area contributed by atoms with Crippen molar-refractivity contribution in [1.29, 1.82) is 0 Å². The van der Waals surface area contributed by atoms with Crippen LogP contribution in [-0.2, 0) is 26.2 Å². The van der Waals surface area contributed by atoms with Gasteiger partial charge < -0.3 is 15.0 Å². The third-order valence-corrected chi connectivity index (χ3v) is 9.16. The Kier molecular flexibility index (Phi) is 11.2. The van der Waals surface area contributed by atoms with Crippen LogP contribution in [0, 0.1) is 20.8 Å². The number of carbonyl (C=O) groups is 2. The van der Waals surface area contributed by atoms with Gasteiger partial charge in [0.2, 0.25) is 11.8 Å². The normalized spacial score (nSPS) is 12.7. The average Bonchev–Trinajstić information content (AvgIpc) is 2.96. The number of benzene rings is 3. The Labute approximate surface area is 250 Å². The Hall–Kier alpha value is -3.85. The Morgan fingerprint density at radius 2 is 1.57 bits per heavy atom. The van der Waals surface area contributed by atoms with Gasteiger partial charge in [0.25, 0.3) is 10.0 Å². The minimum absolute atomic E-state index is 0.0751. The maximum Gasteiger partial charge on any atom is 0.264 e. The van der Waals surface area contributed by atoms with Crippen LogP contribution in [0.4, 0.5) is 5.69 Å². The van der Waals surface area contributed by atoms with Crippen LogP contribution in [0.1, 0.15) is 55.9 Å². The molecule has 2 amide bonds. The Morgan fingerprint density at radius 1 is 0.905 bits per heavy atom. The van der Waals surface area contributed by atoms with Gasteiger partial charge in [0.1, 0.15) is 18.3 Å². The third kappa shape index (κ3) is 7.91. The second-order valence-corrected chi connectivity index (χ2v) is 12.6. The van der Waals surface area contributed by atoms with E-state index in [-0.39, 0.29) is 23.4 Å². The molecule has 0 aliphatic rings. The molecule has 226 valence electrons. The van der Waals surface area contributed by atoms with Gasteiger partial charge in [-0.05, 0) is 82.0 Å². The number of anilines is 1. The molecule has 3 aromatic carbocycles. The first kappa shape index (κ1) is 32.7. The first-order valence-corrected chi connectivity index (χ1v) is 15.7. The van der Waals surface area contributed by atoms with Crippen LogP contribution in [0.2, 0.25) is 0 Å². The van der Waals surface area contributed by atoms with Gasteiger partial charge in [0.05, 0.1) is 17.7 Å². The molecule has 0 heterocycles. The van der Waals surface area contributed by atoms with Crippen molar-refractivity contribution in [2.24, 2.45) is 0 Å². The second-order valence-electron chi connectivity index (χ2n) is 10.7. The minimum atomic E-state index is -4.13. The second kappa shape index (κ2) is 14.4. The predicted octanol–water partition coefficient (Wildman–Crippen LogP) is 5.54. The highest BCUT2D eigenvalue weighted by Crippen LogP contribution is 2.29. The molecule has 3 aromatic rings. The van der Waals surface area contributed by atoms with Gasteiger partial charge in [-0.15, -0.1) is 0 Å². The highest BCUT2D eigenvalue weighted by atomic mass is 32.2. The lowest BCUT2D eigenvalue weighted by Gasteiger charge is -2.34. The molecule has 0 fully saturated rings. The molecule has 2 atom stereocenters. The number of amides is 2. The van der Waals surface area contributed by atoms with Gasteiger partial charge in [-0.1, -0.05) is 61.4 Å². The van der Waals surface area contributed by atoms with E-state index in [9.17, 15) is 18.0 Å². The van der Waals surface area contributed by atoms with Crippen molar-refractivity contribution in [3.8, 4) is 5.75 Å². The summed E-state index contributed by atoms with van der Waals surface area (Å²) in [4.78, 5) is 29.3. The fourth-order valence-corrected chi connectivity index (χ4v) is 6.24. The number of sulfonamides is 1. The van der Waals surface area contributed by atoms with Crippen molar-refractivity contribution < 1.29 is 22.7 Å². The predicted molar refractivity (Wildman–Crippen MR) is 167 cm³/mol. The molecule has 9 heteroatoms. The van der Waals surface area contributed by atoms with Crippen molar-refractivity contribution in [2.75, 3.05) is 18.0 Å². The first-order chi connectivity index (χ1) is 19.9. The lowest BCUT2D eigenvalue weighted by Crippen LogP contribution is -2.53. The van der Waals surface area contributed by atoms with Crippen LogP contribution >= 0.6 is 0 Å². The number of hydrogen-bond donors (Lipinski definition) is 1. The molecule has 0 saturated heterocycles. The van der Waals surface area contributed by atoms with Crippen molar-refractivity contribution in [3.05, 3.63) is 89.0 Å². The molecule has 0 aliphatic carbocycles. The summed E-state index contributed by atoms with van der Waals surface area (Å²) in [5.74, 6) is -0.141. The molecule has 8 nitrogen and oxygen atoms in total. The van der Waals surface area contributed by atoms with Gasteiger partial charge in [0.15, 0.2) is 0 Å². The van der Waals surface area contributed by atoms with Crippen molar-refractivity contribution in [2.45, 2.75) is 77.9 Å². The topological polar surface area (TPSA) is 96.0 Å². The number of nitrogens with zero attached hydrogens (tertiary/aromatic N) is 2. The number of hydrogen-bond acceptors (Lipinski definition) is 5. The zero-order valence-electron chi connectivity index (χ0n) is 25.7. The highest BCUT2D eigenvalue weighted by molar-refractivity contribution is 7.92. The minimum Gasteiger partial charge on any atom is -0.497 e. The molecule has 0 spiro atoms. The molecule has 3 rings (SSSR count). The number of ether oxygens (including phenoxy) is 1. The maximum absolute atomic E-state index is 14.3. The van der Waals surface area contributed by atoms with E-state index in [1.165, 1.54) is 4.90 Å². The van der Waals surface area contributed by atoms with Crippen LogP contribution in [-0.4, -0.2) is 50.9 Å². The van der Waals surface area contributed by atoms with Crippen molar-refractivity contribution in [1.82, 2.24) is 10.2 Å². The quantitative estimate of drug-likeness (QED) is 0.281. The van der Waals surface area contributed by atoms with E-state index in [1.54, 1.807) is 43.5 Å². The van der Waals surface area contributed by atoms with Crippen molar-refractivity contribution in [3.63, 3.8) is 0 Å². The smallest absolute Gasteiger partial charge is 0.264 e. The van der Waals surface area contributed by atoms with Crippen LogP contribution in [0.3, 0.4) is 0 Å². The van der Waals surface area contributed by atoms with Gasteiger partial charge in [-0.2, -0.15) is 0 Å². The molecule has 0 saturated carbocycles. The number of carbonyl (C=O) groups excluding carboxylic acids is 2. The summed E-state index contributed by atoms with van der Waals surface area (Å²) in [7, 11) is -2.57. The van der Waals surface area contributed by atoms with Crippen LogP contribution in [0.15, 0.2) is 71.6 Å². The number of rotatable bonds is 13. The summed E-state index contributed by atoms with van der Waals surface area (Å²) in [6.45, 7) is 11.0. The maximum atomic E-state index is 14.3. The monoisotopic (exact) mass is 593 g/mol. The molecule has 1 N–H and O–H groups in total. The SMILES string of the molecule is CCC(C)NC(=O)C(CC)N(Cc1cccc(OC)c1)C(=O)CN(c1ccc(C)cc1C)S(=O)(=O)c1ccc(C)cc1. The lowest BCUT2D eigenvalue weighted by atomic mass is 10.1. The van der Waals surface area contributed by atoms with E-state index in [1.807, 2.05) is 71.9 Å². The molecular weight excluding hydrogens is 550 g/mol. The van der Waals surface area contributed by atoms with E-state index in [0.717, 1.165) is 33.0 Å². The lowest BCUT2D eigenvalue weighted by molar-refractivity contribution is -0.140. The summed E-state index contributed by atoms with van der Waals surface area (Å²) < 4.78 is 34.7. The Bertz CT molecular complexity index is 1490. The molecule has 0 bridgehead atoms. The van der Waals surface area contributed by atoms with Gasteiger partial charge in [-0.25, -0.2) is 8.42 Å². The van der Waals surface area contributed by atoms with Gasteiger partial charge >= 0.3 is 0 Å². The van der Waals surface area contributed by atoms with E-state index in [0.29, 0.717) is 17.9 Å². The summed E-state index contributed by atoms with van der Waals surface area (Å²) in [5, 5.41) is 3.00. The van der Waals surface area contributed by atoms with Crippen LogP contribution < -0.4 is 14.4 Å². The zero-order chi connectivity index (χ0) is 31.0. The Balaban J connectivity index is 2.10. The zero-order valence-corrected chi connectivity index (χ0v) is 26.5. The first-order valence-electron chi connectivity index (χ1n) is 14.3. The summed E-state index contributed by atoms with van der Waals surface area (Å²) in [6, 6.07) is 18.4. The summed E-state index contributed by atoms with van der Waals surface area (Å²) >= 11 is 0. The summed E-state index contributed by atoms with van der Waals surface area (Å²) in [6.07, 6.45) is 1.09.